The fourth-order valence-corrected chi connectivity index (χ4v) is 1.05. The zero-order valence-corrected chi connectivity index (χ0v) is 8.43. The molecule has 0 aliphatic heterocycles. The average Bonchev–Trinajstić information content (AvgIpc) is 2.21. The Morgan fingerprint density at radius 2 is 2.19 bits per heavy atom. The van der Waals surface area contributed by atoms with Crippen LogP contribution in [0, 0.1) is 10.1 Å². The number of nitrogens with zero attached hydrogens (tertiary/aromatic N) is 2. The van der Waals surface area contributed by atoms with Crippen LogP contribution in [0.4, 0.5) is 5.69 Å². The SMILES string of the molecule is CCC(=O)Cn1cc([N+](=O)[O-])c(=O)[nH]c1=O. The normalized spacial score (nSPS) is 10.1. The molecule has 8 heteroatoms. The summed E-state index contributed by atoms with van der Waals surface area (Å²) in [5.41, 5.74) is -2.67. The van der Waals surface area contributed by atoms with Crippen molar-refractivity contribution in [3.8, 4) is 0 Å². The number of carbonyl (C=O) groups is 1. The first kappa shape index (κ1) is 11.8. The van der Waals surface area contributed by atoms with E-state index in [1.54, 1.807) is 11.9 Å². The number of Topliss-reactive ketones (excluding diaryl/α,β-unsaturated/α-hetero) is 1. The Kier molecular flexibility index (Phi) is 3.33. The molecule has 0 bridgehead atoms. The van der Waals surface area contributed by atoms with E-state index in [1.165, 1.54) is 0 Å². The molecule has 0 radical (unpaired) electrons. The molecule has 0 atom stereocenters. The molecule has 0 amide bonds. The molecule has 1 aromatic heterocycles. The standard InChI is InChI=1S/C8H9N3O5/c1-2-5(12)3-10-4-6(11(15)16)7(13)9-8(10)14/h4H,2-3H2,1H3,(H,9,13,14). The number of aromatic nitrogens is 2. The number of H-pyrrole nitrogens is 1. The second kappa shape index (κ2) is 4.51. The summed E-state index contributed by atoms with van der Waals surface area (Å²) >= 11 is 0. The van der Waals surface area contributed by atoms with Crippen molar-refractivity contribution >= 4 is 11.5 Å². The van der Waals surface area contributed by atoms with Crippen molar-refractivity contribution in [3.63, 3.8) is 0 Å². The van der Waals surface area contributed by atoms with E-state index in [0.29, 0.717) is 0 Å². The summed E-state index contributed by atoms with van der Waals surface area (Å²) in [4.78, 5) is 44.6. The highest BCUT2D eigenvalue weighted by Gasteiger charge is 2.15. The summed E-state index contributed by atoms with van der Waals surface area (Å²) < 4.78 is 0.811. The fraction of sp³-hybridized carbons (Fsp3) is 0.375. The summed E-state index contributed by atoms with van der Waals surface area (Å²) in [6.45, 7) is 1.32. The van der Waals surface area contributed by atoms with Gasteiger partial charge in [0.15, 0.2) is 5.78 Å². The lowest BCUT2D eigenvalue weighted by molar-refractivity contribution is -0.386. The lowest BCUT2D eigenvalue weighted by atomic mass is 10.3. The molecule has 1 N–H and O–H groups in total. The smallest absolute Gasteiger partial charge is 0.298 e. The maximum Gasteiger partial charge on any atom is 0.350 e. The van der Waals surface area contributed by atoms with Crippen molar-refractivity contribution < 1.29 is 9.72 Å². The molecule has 0 aliphatic rings. The Morgan fingerprint density at radius 1 is 1.56 bits per heavy atom. The predicted molar refractivity (Wildman–Crippen MR) is 53.3 cm³/mol. The third kappa shape index (κ3) is 2.41. The molecule has 1 aromatic rings. The first-order valence-electron chi connectivity index (χ1n) is 4.45. The number of aromatic amines is 1. The van der Waals surface area contributed by atoms with Gasteiger partial charge in [-0.2, -0.15) is 0 Å². The Bertz CT molecular complexity index is 541. The van der Waals surface area contributed by atoms with E-state index < -0.39 is 21.9 Å². The predicted octanol–water partition coefficient (Wildman–Crippen LogP) is -0.576. The van der Waals surface area contributed by atoms with Crippen LogP contribution in [0.1, 0.15) is 13.3 Å². The van der Waals surface area contributed by atoms with Crippen LogP contribution >= 0.6 is 0 Å². The molecule has 86 valence electrons. The van der Waals surface area contributed by atoms with E-state index in [1.807, 2.05) is 0 Å². The molecule has 0 aliphatic carbocycles. The van der Waals surface area contributed by atoms with Crippen molar-refractivity contribution in [1.29, 1.82) is 0 Å². The molecule has 1 rings (SSSR count). The Balaban J connectivity index is 3.25. The van der Waals surface area contributed by atoms with Gasteiger partial charge in [0.1, 0.15) is 0 Å². The average molecular weight is 227 g/mol. The highest BCUT2D eigenvalue weighted by Crippen LogP contribution is 1.99. The van der Waals surface area contributed by atoms with E-state index in [9.17, 15) is 24.5 Å². The van der Waals surface area contributed by atoms with Gasteiger partial charge in [-0.1, -0.05) is 6.92 Å². The lowest BCUT2D eigenvalue weighted by Gasteiger charge is -2.01. The number of nitrogens with one attached hydrogen (secondary N) is 1. The molecule has 0 saturated carbocycles. The number of carbonyl (C=O) groups excluding carboxylic acids is 1. The molecule has 8 nitrogen and oxygen atoms in total. The van der Waals surface area contributed by atoms with Gasteiger partial charge in [-0.15, -0.1) is 0 Å². The molecule has 0 fully saturated rings. The van der Waals surface area contributed by atoms with Crippen molar-refractivity contribution in [2.45, 2.75) is 19.9 Å². The maximum atomic E-state index is 11.2. The molecular formula is C8H9N3O5. The number of nitro groups is 1. The first-order valence-corrected chi connectivity index (χ1v) is 4.45. The molecule has 0 unspecified atom stereocenters. The van der Waals surface area contributed by atoms with Crippen LogP contribution in [0.25, 0.3) is 0 Å². The molecule has 0 spiro atoms. The van der Waals surface area contributed by atoms with Crippen molar-refractivity contribution in [1.82, 2.24) is 9.55 Å². The van der Waals surface area contributed by atoms with Crippen LogP contribution < -0.4 is 11.2 Å². The van der Waals surface area contributed by atoms with Gasteiger partial charge >= 0.3 is 16.9 Å². The summed E-state index contributed by atoms with van der Waals surface area (Å²) in [6, 6.07) is 0. The Morgan fingerprint density at radius 3 is 2.69 bits per heavy atom. The summed E-state index contributed by atoms with van der Waals surface area (Å²) in [6.07, 6.45) is 0.980. The third-order valence-electron chi connectivity index (χ3n) is 1.93. The van der Waals surface area contributed by atoms with Crippen LogP contribution in [0.2, 0.25) is 0 Å². The number of hydrogen-bond donors (Lipinski definition) is 1. The quantitative estimate of drug-likeness (QED) is 0.546. The van der Waals surface area contributed by atoms with Crippen molar-refractivity contribution in [3.05, 3.63) is 37.1 Å². The van der Waals surface area contributed by atoms with Gasteiger partial charge in [0, 0.05) is 6.42 Å². The second-order valence-corrected chi connectivity index (χ2v) is 3.05. The van der Waals surface area contributed by atoms with E-state index in [-0.39, 0.29) is 18.7 Å². The summed E-state index contributed by atoms with van der Waals surface area (Å²) in [5.74, 6) is -0.261. The van der Waals surface area contributed by atoms with E-state index in [0.717, 1.165) is 10.8 Å². The van der Waals surface area contributed by atoms with Gasteiger partial charge in [0.05, 0.1) is 17.7 Å². The van der Waals surface area contributed by atoms with Crippen LogP contribution in [0.3, 0.4) is 0 Å². The molecule has 1 heterocycles. The van der Waals surface area contributed by atoms with Crippen LogP contribution in [0.5, 0.6) is 0 Å². The maximum absolute atomic E-state index is 11.2. The van der Waals surface area contributed by atoms with E-state index in [2.05, 4.69) is 0 Å². The van der Waals surface area contributed by atoms with Crippen LogP contribution in [-0.4, -0.2) is 20.3 Å². The molecule has 16 heavy (non-hydrogen) atoms. The zero-order chi connectivity index (χ0) is 12.3. The van der Waals surface area contributed by atoms with Gasteiger partial charge in [-0.25, -0.2) is 4.79 Å². The summed E-state index contributed by atoms with van der Waals surface area (Å²) in [5, 5.41) is 10.4. The number of hydrogen-bond acceptors (Lipinski definition) is 5. The van der Waals surface area contributed by atoms with Gasteiger partial charge < -0.3 is 0 Å². The fourth-order valence-electron chi connectivity index (χ4n) is 1.05. The monoisotopic (exact) mass is 227 g/mol. The zero-order valence-electron chi connectivity index (χ0n) is 8.43. The molecular weight excluding hydrogens is 218 g/mol. The third-order valence-corrected chi connectivity index (χ3v) is 1.93. The lowest BCUT2D eigenvalue weighted by Crippen LogP contribution is -2.32. The minimum atomic E-state index is -1.07. The topological polar surface area (TPSA) is 115 Å². The van der Waals surface area contributed by atoms with E-state index >= 15 is 0 Å². The Hall–Kier alpha value is -2.25. The van der Waals surface area contributed by atoms with Gasteiger partial charge in [0.25, 0.3) is 0 Å². The molecule has 0 saturated heterocycles. The van der Waals surface area contributed by atoms with Crippen LogP contribution in [-0.2, 0) is 11.3 Å². The first-order chi connectivity index (χ1) is 7.45. The van der Waals surface area contributed by atoms with Gasteiger partial charge in [0.2, 0.25) is 0 Å². The van der Waals surface area contributed by atoms with Crippen LogP contribution in [0.15, 0.2) is 15.8 Å². The summed E-state index contributed by atoms with van der Waals surface area (Å²) in [7, 11) is 0. The second-order valence-electron chi connectivity index (χ2n) is 3.05. The highest BCUT2D eigenvalue weighted by molar-refractivity contribution is 5.77. The largest absolute Gasteiger partial charge is 0.350 e. The molecule has 0 aromatic carbocycles. The van der Waals surface area contributed by atoms with Crippen molar-refractivity contribution in [2.24, 2.45) is 0 Å². The van der Waals surface area contributed by atoms with E-state index in [4.69, 9.17) is 0 Å². The number of ketones is 1. The van der Waals surface area contributed by atoms with Gasteiger partial charge in [-0.05, 0) is 0 Å². The van der Waals surface area contributed by atoms with Gasteiger partial charge in [-0.3, -0.25) is 29.3 Å². The Labute approximate surface area is 88.7 Å². The van der Waals surface area contributed by atoms with Crippen molar-refractivity contribution in [2.75, 3.05) is 0 Å². The minimum absolute atomic E-state index is 0.208. The minimum Gasteiger partial charge on any atom is -0.298 e. The number of rotatable bonds is 4. The highest BCUT2D eigenvalue weighted by atomic mass is 16.6.